The van der Waals surface area contributed by atoms with Gasteiger partial charge in [0.1, 0.15) is 0 Å². The smallest absolute Gasteiger partial charge is 0.230 e. The molecule has 106 valence electrons. The van der Waals surface area contributed by atoms with Gasteiger partial charge in [0.2, 0.25) is 5.89 Å². The van der Waals surface area contributed by atoms with Crippen molar-refractivity contribution in [1.29, 1.82) is 0 Å². The molecule has 1 atom stereocenters. The predicted octanol–water partition coefficient (Wildman–Crippen LogP) is 3.31. The standard InChI is InChI=1S/C15H18N2O2S/c1-10-2-3-11(20-10)8-13-16-14(19-17-13)12-9-15(12)4-6-18-7-5-15/h2-3,12H,4-9H2,1H3. The van der Waals surface area contributed by atoms with E-state index in [2.05, 4.69) is 29.2 Å². The molecular formula is C15H18N2O2S. The lowest BCUT2D eigenvalue weighted by Crippen LogP contribution is -2.18. The zero-order valence-corrected chi connectivity index (χ0v) is 12.4. The number of ether oxygens (including phenoxy) is 1. The molecule has 2 aliphatic rings. The Hall–Kier alpha value is -1.20. The second kappa shape index (κ2) is 4.67. The zero-order chi connectivity index (χ0) is 13.6. The van der Waals surface area contributed by atoms with Gasteiger partial charge in [-0.15, -0.1) is 11.3 Å². The fraction of sp³-hybridized carbons (Fsp3) is 0.600. The van der Waals surface area contributed by atoms with Crippen LogP contribution < -0.4 is 0 Å². The van der Waals surface area contributed by atoms with Gasteiger partial charge in [-0.1, -0.05) is 5.16 Å². The summed E-state index contributed by atoms with van der Waals surface area (Å²) >= 11 is 1.80. The molecule has 0 aromatic carbocycles. The van der Waals surface area contributed by atoms with Crippen LogP contribution in [0.1, 0.15) is 46.6 Å². The van der Waals surface area contributed by atoms with E-state index < -0.39 is 0 Å². The average Bonchev–Trinajstić information content (AvgIpc) is 2.80. The molecule has 3 heterocycles. The topological polar surface area (TPSA) is 48.2 Å². The highest BCUT2D eigenvalue weighted by atomic mass is 32.1. The van der Waals surface area contributed by atoms with Gasteiger partial charge >= 0.3 is 0 Å². The van der Waals surface area contributed by atoms with Gasteiger partial charge in [-0.3, -0.25) is 0 Å². The molecule has 0 N–H and O–H groups in total. The molecule has 0 bridgehead atoms. The van der Waals surface area contributed by atoms with Crippen LogP contribution in [0.25, 0.3) is 0 Å². The van der Waals surface area contributed by atoms with Crippen LogP contribution in [0.2, 0.25) is 0 Å². The third-order valence-electron chi connectivity index (χ3n) is 4.59. The van der Waals surface area contributed by atoms with Gasteiger partial charge in [-0.25, -0.2) is 0 Å². The summed E-state index contributed by atoms with van der Waals surface area (Å²) in [7, 11) is 0. The largest absolute Gasteiger partial charge is 0.381 e. The quantitative estimate of drug-likeness (QED) is 0.870. The van der Waals surface area contributed by atoms with Crippen molar-refractivity contribution < 1.29 is 9.26 Å². The lowest BCUT2D eigenvalue weighted by Gasteiger charge is -2.21. The lowest BCUT2D eigenvalue weighted by molar-refractivity contribution is 0.0544. The van der Waals surface area contributed by atoms with Gasteiger partial charge in [0.15, 0.2) is 5.82 Å². The van der Waals surface area contributed by atoms with Crippen LogP contribution in [0.5, 0.6) is 0 Å². The Morgan fingerprint density at radius 1 is 1.35 bits per heavy atom. The summed E-state index contributed by atoms with van der Waals surface area (Å²) in [4.78, 5) is 7.24. The number of hydrogen-bond donors (Lipinski definition) is 0. The average molecular weight is 290 g/mol. The number of thiophene rings is 1. The minimum Gasteiger partial charge on any atom is -0.381 e. The van der Waals surface area contributed by atoms with E-state index >= 15 is 0 Å². The summed E-state index contributed by atoms with van der Waals surface area (Å²) in [6, 6.07) is 4.28. The summed E-state index contributed by atoms with van der Waals surface area (Å²) < 4.78 is 10.9. The summed E-state index contributed by atoms with van der Waals surface area (Å²) in [6.07, 6.45) is 4.25. The van der Waals surface area contributed by atoms with E-state index in [4.69, 9.17) is 9.26 Å². The van der Waals surface area contributed by atoms with Gasteiger partial charge in [0, 0.05) is 35.3 Å². The summed E-state index contributed by atoms with van der Waals surface area (Å²) in [5.41, 5.74) is 0.404. The summed E-state index contributed by atoms with van der Waals surface area (Å²) in [6.45, 7) is 3.88. The first-order valence-corrected chi connectivity index (χ1v) is 8.02. The molecule has 4 rings (SSSR count). The Bertz CT molecular complexity index is 613. The molecule has 1 aliphatic heterocycles. The van der Waals surface area contributed by atoms with Crippen molar-refractivity contribution in [3.8, 4) is 0 Å². The van der Waals surface area contributed by atoms with E-state index in [0.29, 0.717) is 11.3 Å². The first kappa shape index (κ1) is 12.5. The van der Waals surface area contributed by atoms with E-state index in [-0.39, 0.29) is 0 Å². The normalized spacial score (nSPS) is 24.1. The third-order valence-corrected chi connectivity index (χ3v) is 5.59. The first-order valence-electron chi connectivity index (χ1n) is 7.21. The van der Waals surface area contributed by atoms with Crippen molar-refractivity contribution in [2.45, 2.75) is 38.5 Å². The Labute approximate surface area is 122 Å². The number of aromatic nitrogens is 2. The number of aryl methyl sites for hydroxylation is 1. The van der Waals surface area contributed by atoms with Crippen LogP contribution in [0.4, 0.5) is 0 Å². The first-order chi connectivity index (χ1) is 9.75. The van der Waals surface area contributed by atoms with Gasteiger partial charge in [-0.2, -0.15) is 4.98 Å². The minimum atomic E-state index is 0.404. The van der Waals surface area contributed by atoms with Crippen LogP contribution in [-0.4, -0.2) is 23.4 Å². The fourth-order valence-corrected chi connectivity index (χ4v) is 4.13. The molecule has 5 heteroatoms. The van der Waals surface area contributed by atoms with Crippen LogP contribution in [0.3, 0.4) is 0 Å². The van der Waals surface area contributed by atoms with Gasteiger partial charge in [0.25, 0.3) is 0 Å². The van der Waals surface area contributed by atoms with Crippen molar-refractivity contribution in [2.24, 2.45) is 5.41 Å². The lowest BCUT2D eigenvalue weighted by atomic mass is 9.94. The van der Waals surface area contributed by atoms with Crippen molar-refractivity contribution in [2.75, 3.05) is 13.2 Å². The maximum atomic E-state index is 5.50. The van der Waals surface area contributed by atoms with E-state index in [1.165, 1.54) is 16.2 Å². The van der Waals surface area contributed by atoms with Gasteiger partial charge < -0.3 is 9.26 Å². The van der Waals surface area contributed by atoms with Crippen molar-refractivity contribution in [3.63, 3.8) is 0 Å². The number of hydrogen-bond acceptors (Lipinski definition) is 5. The van der Waals surface area contributed by atoms with Gasteiger partial charge in [0.05, 0.1) is 0 Å². The van der Waals surface area contributed by atoms with Crippen LogP contribution >= 0.6 is 11.3 Å². The molecule has 2 aromatic heterocycles. The molecule has 4 nitrogen and oxygen atoms in total. The highest BCUT2D eigenvalue weighted by Gasteiger charge is 2.57. The Morgan fingerprint density at radius 2 is 2.20 bits per heavy atom. The Balaban J connectivity index is 1.46. The monoisotopic (exact) mass is 290 g/mol. The molecule has 2 fully saturated rings. The number of rotatable bonds is 3. The molecular weight excluding hydrogens is 272 g/mol. The molecule has 0 radical (unpaired) electrons. The molecule has 20 heavy (non-hydrogen) atoms. The molecule has 0 amide bonds. The highest BCUT2D eigenvalue weighted by molar-refractivity contribution is 7.11. The molecule has 1 saturated carbocycles. The summed E-state index contributed by atoms with van der Waals surface area (Å²) in [5, 5.41) is 4.15. The van der Waals surface area contributed by atoms with Crippen LogP contribution in [-0.2, 0) is 11.2 Å². The third kappa shape index (κ3) is 2.19. The van der Waals surface area contributed by atoms with Crippen LogP contribution in [0, 0.1) is 12.3 Å². The predicted molar refractivity (Wildman–Crippen MR) is 76.0 cm³/mol. The maximum absolute atomic E-state index is 5.50. The van der Waals surface area contributed by atoms with Gasteiger partial charge in [-0.05, 0) is 43.7 Å². The molecule has 1 aliphatic carbocycles. The van der Waals surface area contributed by atoms with Crippen molar-refractivity contribution >= 4 is 11.3 Å². The molecule has 1 saturated heterocycles. The van der Waals surface area contributed by atoms with E-state index in [1.54, 1.807) is 11.3 Å². The molecule has 1 spiro atoms. The zero-order valence-electron chi connectivity index (χ0n) is 11.6. The van der Waals surface area contributed by atoms with E-state index in [0.717, 1.165) is 44.2 Å². The molecule has 2 aromatic rings. The number of nitrogens with zero attached hydrogens (tertiary/aromatic N) is 2. The fourth-order valence-electron chi connectivity index (χ4n) is 3.24. The Kier molecular flexibility index (Phi) is 2.93. The highest BCUT2D eigenvalue weighted by Crippen LogP contribution is 2.64. The van der Waals surface area contributed by atoms with Crippen molar-refractivity contribution in [3.05, 3.63) is 33.6 Å². The summed E-state index contributed by atoms with van der Waals surface area (Å²) in [5.74, 6) is 2.13. The SMILES string of the molecule is Cc1ccc(Cc2noc(C3CC34CCOCC4)n2)s1. The minimum absolute atomic E-state index is 0.404. The second-order valence-electron chi connectivity index (χ2n) is 5.97. The second-order valence-corrected chi connectivity index (χ2v) is 7.34. The van der Waals surface area contributed by atoms with E-state index in [1.807, 2.05) is 0 Å². The van der Waals surface area contributed by atoms with Crippen LogP contribution in [0.15, 0.2) is 16.7 Å². The molecule has 1 unspecified atom stereocenters. The van der Waals surface area contributed by atoms with E-state index in [9.17, 15) is 0 Å². The Morgan fingerprint density at radius 3 is 2.95 bits per heavy atom. The maximum Gasteiger partial charge on any atom is 0.230 e. The van der Waals surface area contributed by atoms with Crippen molar-refractivity contribution in [1.82, 2.24) is 10.1 Å².